The van der Waals surface area contributed by atoms with Crippen molar-refractivity contribution in [3.8, 4) is 0 Å². The molecule has 0 spiro atoms. The van der Waals surface area contributed by atoms with Gasteiger partial charge in [0.05, 0.1) is 36.2 Å². The zero-order valence-electron chi connectivity index (χ0n) is 37.0. The average Bonchev–Trinajstić information content (AvgIpc) is 2.72. The van der Waals surface area contributed by atoms with Crippen LogP contribution < -0.4 is 10.2 Å². The van der Waals surface area contributed by atoms with E-state index < -0.39 is 43.8 Å². The molecule has 0 heterocycles. The Bertz CT molecular complexity index is 805. The Morgan fingerprint density at radius 2 is 0.480 bits per heavy atom. The molecule has 0 saturated carbocycles. The Balaban J connectivity index is -0.0000000721. The second-order valence-corrected chi connectivity index (χ2v) is 35.0. The molecule has 0 fully saturated rings. The molecular formula is C36H84O8P4Pt2+4. The van der Waals surface area contributed by atoms with Crippen LogP contribution in [0.2, 0.25) is 0 Å². The van der Waals surface area contributed by atoms with E-state index in [1.165, 1.54) is 0 Å². The third-order valence-corrected chi connectivity index (χ3v) is 16.7. The number of carboxylic acid groups (broad SMARTS) is 2. The van der Waals surface area contributed by atoms with E-state index in [0.29, 0.717) is 0 Å². The van der Waals surface area contributed by atoms with Crippen LogP contribution in [0.25, 0.3) is 0 Å². The third kappa shape index (κ3) is 47.6. The molecule has 0 aromatic heterocycles. The van der Waals surface area contributed by atoms with E-state index in [1.807, 2.05) is 83.1 Å². The van der Waals surface area contributed by atoms with Crippen molar-refractivity contribution < 1.29 is 80.8 Å². The Kier molecular flexibility index (Phi) is 37.8. The fourth-order valence-electron chi connectivity index (χ4n) is 4.50. The van der Waals surface area contributed by atoms with Crippen LogP contribution in [-0.2, 0) is 60.8 Å². The van der Waals surface area contributed by atoms with Gasteiger partial charge in [-0.3, -0.25) is 9.79 Å². The van der Waals surface area contributed by atoms with Crippen LogP contribution in [-0.4, -0.2) is 63.0 Å². The second kappa shape index (κ2) is 27.2. The SMILES string of the molecule is CC(=O)[O-].CC(=O)[O-].CC(C)(C)[PH+](O)C(C)(C)C.CC(C)(C)[PH+](O)C(C)(C)C.CC(C)(C)[PH](=O)C(C)(C)C.CC(C)(C)[PH](=O)C(C)(C)C.[Pt+2].[Pt+2]. The monoisotopic (exact) mass is 1160 g/mol. The van der Waals surface area contributed by atoms with Crippen molar-refractivity contribution in [3.05, 3.63) is 0 Å². The van der Waals surface area contributed by atoms with Crippen molar-refractivity contribution in [2.75, 3.05) is 0 Å². The van der Waals surface area contributed by atoms with Crippen LogP contribution in [0.1, 0.15) is 180 Å². The fourth-order valence-corrected chi connectivity index (χ4v) is 13.5. The first-order chi connectivity index (χ1) is 20.1. The van der Waals surface area contributed by atoms with E-state index in [9.17, 15) is 18.9 Å². The van der Waals surface area contributed by atoms with Gasteiger partial charge in [-0.15, -0.1) is 0 Å². The zero-order chi connectivity index (χ0) is 41.5. The van der Waals surface area contributed by atoms with Crippen LogP contribution in [0.5, 0.6) is 0 Å². The maximum atomic E-state index is 11.7. The summed E-state index contributed by atoms with van der Waals surface area (Å²) in [5.74, 6) is -2.17. The number of hydrogen-bond donors (Lipinski definition) is 2. The molecule has 0 atom stereocenters. The summed E-state index contributed by atoms with van der Waals surface area (Å²) in [5.41, 5.74) is 0. The Hall–Kier alpha value is 1.56. The molecule has 50 heavy (non-hydrogen) atoms. The van der Waals surface area contributed by atoms with Gasteiger partial charge in [0.15, 0.2) is 0 Å². The van der Waals surface area contributed by atoms with E-state index in [1.54, 1.807) is 0 Å². The molecule has 0 rings (SSSR count). The first kappa shape index (κ1) is 69.5. The van der Waals surface area contributed by atoms with Crippen molar-refractivity contribution in [1.29, 1.82) is 0 Å². The summed E-state index contributed by atoms with van der Waals surface area (Å²) in [7, 11) is -5.38. The van der Waals surface area contributed by atoms with Gasteiger partial charge in [0, 0.05) is 32.6 Å². The molecule has 0 aliphatic heterocycles. The molecule has 0 aliphatic rings. The Morgan fingerprint density at radius 3 is 0.480 bits per heavy atom. The summed E-state index contributed by atoms with van der Waals surface area (Å²) in [4.78, 5) is 37.4. The topological polar surface area (TPSA) is 155 Å². The van der Waals surface area contributed by atoms with Gasteiger partial charge in [-0.2, -0.15) is 0 Å². The van der Waals surface area contributed by atoms with Gasteiger partial charge in [-0.05, 0) is 96.9 Å². The zero-order valence-corrected chi connectivity index (χ0v) is 45.5. The number of carbonyl (C=O) groups is 2. The molecule has 312 valence electrons. The molecule has 2 N–H and O–H groups in total. The Labute approximate surface area is 343 Å². The number of carboxylic acids is 2. The standard InChI is InChI=1S/4C8H19OP.2C2H4O2.2Pt/c4*1-7(2,3)10(9)8(4,5)6;2*1-2(3)4;;/h2*10H,1-6H3;2*9H,1-6H3;2*1H3,(H,3,4);;/q;;;;;;2*+2. The van der Waals surface area contributed by atoms with Gasteiger partial charge in [0.2, 0.25) is 0 Å². The predicted octanol–water partition coefficient (Wildman–Crippen LogP) is 9.20. The van der Waals surface area contributed by atoms with Crippen LogP contribution >= 0.6 is 31.9 Å². The number of rotatable bonds is 0. The smallest absolute Gasteiger partial charge is 0.550 e. The summed E-state index contributed by atoms with van der Waals surface area (Å²) in [6.45, 7) is 51.7. The third-order valence-electron chi connectivity index (χ3n) is 5.57. The predicted molar refractivity (Wildman–Crippen MR) is 218 cm³/mol. The summed E-state index contributed by atoms with van der Waals surface area (Å²) in [5, 5.41) is 18.1. The van der Waals surface area contributed by atoms with Gasteiger partial charge in [0.25, 0.3) is 0 Å². The van der Waals surface area contributed by atoms with E-state index in [4.69, 9.17) is 19.8 Å². The van der Waals surface area contributed by atoms with Crippen LogP contribution in [0.4, 0.5) is 0 Å². The summed E-state index contributed by atoms with van der Waals surface area (Å²) < 4.78 is 23.3. The quantitative estimate of drug-likeness (QED) is 0.228. The maximum absolute atomic E-state index is 11.7. The van der Waals surface area contributed by atoms with Crippen LogP contribution in [0.15, 0.2) is 0 Å². The average molecular weight is 1160 g/mol. The molecular weight excluding hydrogens is 1070 g/mol. The molecule has 8 nitrogen and oxygen atoms in total. The molecule has 0 aliphatic carbocycles. The summed E-state index contributed by atoms with van der Waals surface area (Å²) in [6.07, 6.45) is 0. The molecule has 0 unspecified atom stereocenters. The van der Waals surface area contributed by atoms with Crippen molar-refractivity contribution in [3.63, 3.8) is 0 Å². The van der Waals surface area contributed by atoms with E-state index in [0.717, 1.165) is 13.8 Å². The van der Waals surface area contributed by atoms with Crippen molar-refractivity contribution in [2.45, 2.75) is 221 Å². The second-order valence-electron chi connectivity index (χ2n) is 20.3. The number of hydrogen-bond acceptors (Lipinski definition) is 8. The molecule has 0 amide bonds. The Morgan fingerprint density at radius 1 is 0.400 bits per heavy atom. The van der Waals surface area contributed by atoms with Gasteiger partial charge in [-0.1, -0.05) is 83.1 Å². The minimum atomic E-state index is -1.47. The molecule has 0 radical (unpaired) electrons. The van der Waals surface area contributed by atoms with Gasteiger partial charge in [0.1, 0.15) is 16.3 Å². The minimum Gasteiger partial charge on any atom is -0.550 e. The van der Waals surface area contributed by atoms with E-state index >= 15 is 0 Å². The molecule has 14 heteroatoms. The molecule has 0 aromatic rings. The van der Waals surface area contributed by atoms with Crippen molar-refractivity contribution in [2.24, 2.45) is 0 Å². The molecule has 0 bridgehead atoms. The summed E-state index contributed by atoms with van der Waals surface area (Å²) in [6, 6.07) is 0. The largest absolute Gasteiger partial charge is 2.00 e. The van der Waals surface area contributed by atoms with Crippen LogP contribution in [0, 0.1) is 0 Å². The van der Waals surface area contributed by atoms with Crippen LogP contribution in [0.3, 0.4) is 0 Å². The summed E-state index contributed by atoms with van der Waals surface area (Å²) >= 11 is 0. The first-order valence-electron chi connectivity index (χ1n) is 16.7. The van der Waals surface area contributed by atoms with Gasteiger partial charge in [-0.25, -0.2) is 0 Å². The van der Waals surface area contributed by atoms with Gasteiger partial charge >= 0.3 is 42.1 Å². The van der Waals surface area contributed by atoms with E-state index in [-0.39, 0.29) is 83.4 Å². The fraction of sp³-hybridized carbons (Fsp3) is 0.944. The van der Waals surface area contributed by atoms with Crippen molar-refractivity contribution >= 4 is 43.8 Å². The number of carbonyl (C=O) groups excluding carboxylic acids is 2. The van der Waals surface area contributed by atoms with Crippen molar-refractivity contribution in [1.82, 2.24) is 0 Å². The maximum Gasteiger partial charge on any atom is 2.00 e. The normalized spacial score (nSPS) is 12.5. The molecule has 0 aromatic carbocycles. The number of aliphatic carboxylic acids is 2. The first-order valence-corrected chi connectivity index (χ1v) is 22.4. The van der Waals surface area contributed by atoms with E-state index in [2.05, 4.69) is 83.1 Å². The minimum absolute atomic E-state index is 0. The molecule has 0 saturated heterocycles. The van der Waals surface area contributed by atoms with Gasteiger partial charge < -0.3 is 28.9 Å².